The van der Waals surface area contributed by atoms with Crippen LogP contribution < -0.4 is 5.32 Å². The molecule has 0 radical (unpaired) electrons. The standard InChI is InChI=1S/C11H13NO3S2/c13-3-5-15-4-2-12-11(14)10-7-9-8(17-10)1-6-16-9/h1,6-7,13H,2-5H2,(H,12,14). The number of aliphatic hydroxyl groups excluding tert-OH is 1. The molecular weight excluding hydrogens is 258 g/mol. The predicted octanol–water partition coefficient (Wildman–Crippen LogP) is 1.70. The third-order valence-electron chi connectivity index (χ3n) is 2.13. The third kappa shape index (κ3) is 3.26. The molecule has 0 aliphatic carbocycles. The number of aliphatic hydroxyl groups is 1. The van der Waals surface area contributed by atoms with Gasteiger partial charge < -0.3 is 15.2 Å². The average Bonchev–Trinajstić information content (AvgIpc) is 2.88. The first-order valence-corrected chi connectivity index (χ1v) is 6.94. The highest BCUT2D eigenvalue weighted by molar-refractivity contribution is 7.27. The molecule has 0 unspecified atom stereocenters. The van der Waals surface area contributed by atoms with E-state index in [1.807, 2.05) is 17.5 Å². The van der Waals surface area contributed by atoms with E-state index in [4.69, 9.17) is 9.84 Å². The molecule has 2 heterocycles. The number of hydrogen-bond acceptors (Lipinski definition) is 5. The van der Waals surface area contributed by atoms with Crippen LogP contribution in [0.3, 0.4) is 0 Å². The Bertz CT molecular complexity index is 463. The highest BCUT2D eigenvalue weighted by atomic mass is 32.1. The number of nitrogens with one attached hydrogen (secondary N) is 1. The second-order valence-electron chi connectivity index (χ2n) is 3.35. The molecule has 4 nitrogen and oxygen atoms in total. The van der Waals surface area contributed by atoms with Crippen LogP contribution in [0.1, 0.15) is 9.67 Å². The maximum absolute atomic E-state index is 11.7. The SMILES string of the molecule is O=C(NCCOCCO)c1cc2sccc2s1. The van der Waals surface area contributed by atoms with Crippen LogP contribution in [0.2, 0.25) is 0 Å². The molecule has 2 rings (SSSR count). The Morgan fingerprint density at radius 2 is 2.29 bits per heavy atom. The van der Waals surface area contributed by atoms with Crippen LogP contribution in [0, 0.1) is 0 Å². The molecule has 0 aromatic carbocycles. The Labute approximate surface area is 107 Å². The summed E-state index contributed by atoms with van der Waals surface area (Å²) in [6, 6.07) is 3.93. The maximum Gasteiger partial charge on any atom is 0.261 e. The van der Waals surface area contributed by atoms with Gasteiger partial charge in [0, 0.05) is 15.9 Å². The van der Waals surface area contributed by atoms with Crippen molar-refractivity contribution in [2.24, 2.45) is 0 Å². The number of hydrogen-bond donors (Lipinski definition) is 2. The van der Waals surface area contributed by atoms with Crippen molar-refractivity contribution in [2.75, 3.05) is 26.4 Å². The van der Waals surface area contributed by atoms with E-state index in [1.165, 1.54) is 11.3 Å². The van der Waals surface area contributed by atoms with Crippen molar-refractivity contribution in [1.29, 1.82) is 0 Å². The molecule has 0 saturated heterocycles. The van der Waals surface area contributed by atoms with Crippen LogP contribution in [-0.4, -0.2) is 37.4 Å². The minimum Gasteiger partial charge on any atom is -0.394 e. The van der Waals surface area contributed by atoms with Crippen molar-refractivity contribution in [3.63, 3.8) is 0 Å². The van der Waals surface area contributed by atoms with Gasteiger partial charge in [-0.05, 0) is 17.5 Å². The predicted molar refractivity (Wildman–Crippen MR) is 69.9 cm³/mol. The zero-order valence-electron chi connectivity index (χ0n) is 9.14. The number of thiophene rings is 2. The molecule has 0 atom stereocenters. The molecule has 17 heavy (non-hydrogen) atoms. The van der Waals surface area contributed by atoms with Crippen LogP contribution in [-0.2, 0) is 4.74 Å². The summed E-state index contributed by atoms with van der Waals surface area (Å²) in [7, 11) is 0. The summed E-state index contributed by atoms with van der Waals surface area (Å²) < 4.78 is 7.35. The Hall–Kier alpha value is -0.950. The van der Waals surface area contributed by atoms with Crippen LogP contribution in [0.4, 0.5) is 0 Å². The van der Waals surface area contributed by atoms with Gasteiger partial charge in [0.25, 0.3) is 5.91 Å². The zero-order valence-corrected chi connectivity index (χ0v) is 10.8. The van der Waals surface area contributed by atoms with Gasteiger partial charge in [-0.3, -0.25) is 4.79 Å². The molecule has 0 aliphatic rings. The van der Waals surface area contributed by atoms with Crippen molar-refractivity contribution in [2.45, 2.75) is 0 Å². The molecule has 0 aliphatic heterocycles. The van der Waals surface area contributed by atoms with E-state index < -0.39 is 0 Å². The van der Waals surface area contributed by atoms with E-state index in [-0.39, 0.29) is 12.5 Å². The van der Waals surface area contributed by atoms with Gasteiger partial charge in [0.1, 0.15) is 0 Å². The summed E-state index contributed by atoms with van der Waals surface area (Å²) >= 11 is 3.14. The number of carbonyl (C=O) groups excluding carboxylic acids is 1. The maximum atomic E-state index is 11.7. The Morgan fingerprint density at radius 1 is 1.41 bits per heavy atom. The van der Waals surface area contributed by atoms with Gasteiger partial charge in [-0.25, -0.2) is 0 Å². The van der Waals surface area contributed by atoms with E-state index in [0.29, 0.717) is 19.8 Å². The number of amides is 1. The van der Waals surface area contributed by atoms with Gasteiger partial charge in [0.05, 0.1) is 24.7 Å². The van der Waals surface area contributed by atoms with E-state index >= 15 is 0 Å². The first-order valence-electron chi connectivity index (χ1n) is 5.25. The van der Waals surface area contributed by atoms with Gasteiger partial charge in [-0.15, -0.1) is 22.7 Å². The molecule has 6 heteroatoms. The third-order valence-corrected chi connectivity index (χ3v) is 4.22. The second-order valence-corrected chi connectivity index (χ2v) is 5.38. The summed E-state index contributed by atoms with van der Waals surface area (Å²) in [6.07, 6.45) is 0. The van der Waals surface area contributed by atoms with E-state index in [1.54, 1.807) is 11.3 Å². The largest absolute Gasteiger partial charge is 0.394 e. The zero-order chi connectivity index (χ0) is 12.1. The lowest BCUT2D eigenvalue weighted by Crippen LogP contribution is -2.26. The summed E-state index contributed by atoms with van der Waals surface area (Å²) in [4.78, 5) is 12.5. The minimum absolute atomic E-state index is 0.00908. The molecule has 0 saturated carbocycles. The van der Waals surface area contributed by atoms with Crippen molar-refractivity contribution in [3.05, 3.63) is 22.4 Å². The number of rotatable bonds is 6. The first kappa shape index (κ1) is 12.5. The quantitative estimate of drug-likeness (QED) is 0.786. The lowest BCUT2D eigenvalue weighted by Gasteiger charge is -2.03. The summed E-state index contributed by atoms with van der Waals surface area (Å²) in [5.74, 6) is -0.0639. The number of fused-ring (bicyclic) bond motifs is 1. The molecule has 2 aromatic heterocycles. The van der Waals surface area contributed by atoms with Gasteiger partial charge in [-0.1, -0.05) is 0 Å². The highest BCUT2D eigenvalue weighted by Crippen LogP contribution is 2.29. The van der Waals surface area contributed by atoms with Crippen molar-refractivity contribution >= 4 is 38.0 Å². The average molecular weight is 271 g/mol. The normalized spacial score (nSPS) is 10.9. The van der Waals surface area contributed by atoms with Crippen molar-refractivity contribution < 1.29 is 14.6 Å². The van der Waals surface area contributed by atoms with Crippen LogP contribution >= 0.6 is 22.7 Å². The summed E-state index contributed by atoms with van der Waals surface area (Å²) in [5.41, 5.74) is 0. The lowest BCUT2D eigenvalue weighted by atomic mass is 10.4. The molecule has 0 bridgehead atoms. The van der Waals surface area contributed by atoms with Gasteiger partial charge in [-0.2, -0.15) is 0 Å². The van der Waals surface area contributed by atoms with Crippen LogP contribution in [0.25, 0.3) is 9.40 Å². The fraction of sp³-hybridized carbons (Fsp3) is 0.364. The second kappa shape index (κ2) is 6.11. The van der Waals surface area contributed by atoms with E-state index in [9.17, 15) is 4.79 Å². The fourth-order valence-corrected chi connectivity index (χ4v) is 3.39. The van der Waals surface area contributed by atoms with Crippen LogP contribution in [0.15, 0.2) is 17.5 Å². The van der Waals surface area contributed by atoms with Gasteiger partial charge in [0.15, 0.2) is 0 Å². The molecule has 92 valence electrons. The monoisotopic (exact) mass is 271 g/mol. The number of ether oxygens (including phenoxy) is 1. The summed E-state index contributed by atoms with van der Waals surface area (Å²) in [5, 5.41) is 13.3. The van der Waals surface area contributed by atoms with E-state index in [2.05, 4.69) is 5.32 Å². The van der Waals surface area contributed by atoms with Crippen LogP contribution in [0.5, 0.6) is 0 Å². The van der Waals surface area contributed by atoms with Gasteiger partial charge >= 0.3 is 0 Å². The Morgan fingerprint density at radius 3 is 3.06 bits per heavy atom. The Kier molecular flexibility index (Phi) is 4.49. The highest BCUT2D eigenvalue weighted by Gasteiger charge is 2.09. The molecule has 1 amide bonds. The van der Waals surface area contributed by atoms with Crippen molar-refractivity contribution in [1.82, 2.24) is 5.32 Å². The first-order chi connectivity index (χ1) is 8.31. The molecular formula is C11H13NO3S2. The smallest absolute Gasteiger partial charge is 0.261 e. The lowest BCUT2D eigenvalue weighted by molar-refractivity contribution is 0.0840. The minimum atomic E-state index is -0.0639. The van der Waals surface area contributed by atoms with Crippen molar-refractivity contribution in [3.8, 4) is 0 Å². The number of carbonyl (C=O) groups is 1. The molecule has 2 aromatic rings. The molecule has 2 N–H and O–H groups in total. The summed E-state index contributed by atoms with van der Waals surface area (Å²) in [6.45, 7) is 1.20. The van der Waals surface area contributed by atoms with E-state index in [0.717, 1.165) is 14.3 Å². The fourth-order valence-electron chi connectivity index (χ4n) is 1.37. The Balaban J connectivity index is 1.81. The topological polar surface area (TPSA) is 58.6 Å². The van der Waals surface area contributed by atoms with Gasteiger partial charge in [0.2, 0.25) is 0 Å². The molecule has 0 fully saturated rings. The molecule has 0 spiro atoms.